The van der Waals surface area contributed by atoms with Gasteiger partial charge in [0.15, 0.2) is 5.78 Å². The van der Waals surface area contributed by atoms with Crippen LogP contribution in [0.2, 0.25) is 0 Å². The van der Waals surface area contributed by atoms with Crippen molar-refractivity contribution in [3.63, 3.8) is 0 Å². The summed E-state index contributed by atoms with van der Waals surface area (Å²) >= 11 is 0. The second kappa shape index (κ2) is 4.85. The molecule has 0 aliphatic rings. The normalized spacial score (nSPS) is 9.83. The molecule has 0 aliphatic heterocycles. The quantitative estimate of drug-likeness (QED) is 0.748. The van der Waals surface area contributed by atoms with E-state index in [2.05, 4.69) is 0 Å². The van der Waals surface area contributed by atoms with Crippen molar-refractivity contribution in [3.05, 3.63) is 70.3 Å². The Kier molecular flexibility index (Phi) is 3.25. The smallest absolute Gasteiger partial charge is 0.193 e. The Morgan fingerprint density at radius 1 is 1.06 bits per heavy atom. The van der Waals surface area contributed by atoms with Gasteiger partial charge in [0, 0.05) is 11.1 Å². The average Bonchev–Trinajstić information content (AvgIpc) is 2.41. The zero-order valence-electron chi connectivity index (χ0n) is 10.4. The fourth-order valence-electron chi connectivity index (χ4n) is 1.83. The number of rotatable bonds is 2. The summed E-state index contributed by atoms with van der Waals surface area (Å²) in [6.07, 6.45) is 0. The molecule has 2 aromatic carbocycles. The lowest BCUT2D eigenvalue weighted by Gasteiger charge is -2.06. The van der Waals surface area contributed by atoms with Gasteiger partial charge in [0.2, 0.25) is 0 Å². The summed E-state index contributed by atoms with van der Waals surface area (Å²) < 4.78 is 0. The number of nitrogens with zero attached hydrogens (tertiary/aromatic N) is 1. The fourth-order valence-corrected chi connectivity index (χ4v) is 1.83. The Bertz CT molecular complexity index is 633. The van der Waals surface area contributed by atoms with Gasteiger partial charge < -0.3 is 0 Å². The molecule has 0 radical (unpaired) electrons. The van der Waals surface area contributed by atoms with Crippen molar-refractivity contribution in [1.82, 2.24) is 0 Å². The number of carbonyl (C=O) groups is 1. The van der Waals surface area contributed by atoms with E-state index in [1.807, 2.05) is 38.1 Å². The molecule has 0 N–H and O–H groups in total. The molecule has 2 heteroatoms. The monoisotopic (exact) mass is 235 g/mol. The number of ketones is 1. The maximum Gasteiger partial charge on any atom is 0.193 e. The summed E-state index contributed by atoms with van der Waals surface area (Å²) in [4.78, 5) is 12.3. The first-order valence-electron chi connectivity index (χ1n) is 5.74. The van der Waals surface area contributed by atoms with Gasteiger partial charge in [-0.15, -0.1) is 0 Å². The molecule has 88 valence electrons. The highest BCUT2D eigenvalue weighted by atomic mass is 16.1. The molecule has 0 atom stereocenters. The van der Waals surface area contributed by atoms with Crippen LogP contribution < -0.4 is 0 Å². The summed E-state index contributed by atoms with van der Waals surface area (Å²) in [6.45, 7) is 3.89. The van der Waals surface area contributed by atoms with Gasteiger partial charge in [-0.1, -0.05) is 17.7 Å². The van der Waals surface area contributed by atoms with Crippen molar-refractivity contribution >= 4 is 5.78 Å². The highest BCUT2D eigenvalue weighted by Gasteiger charge is 2.11. The molecular formula is C16H13NO. The van der Waals surface area contributed by atoms with Crippen molar-refractivity contribution in [2.24, 2.45) is 0 Å². The maximum atomic E-state index is 12.3. The maximum absolute atomic E-state index is 12.3. The lowest BCUT2D eigenvalue weighted by Crippen LogP contribution is -2.04. The van der Waals surface area contributed by atoms with E-state index in [1.165, 1.54) is 0 Å². The predicted octanol–water partition coefficient (Wildman–Crippen LogP) is 3.41. The second-order valence-electron chi connectivity index (χ2n) is 4.34. The van der Waals surface area contributed by atoms with Gasteiger partial charge in [0.1, 0.15) is 0 Å². The van der Waals surface area contributed by atoms with Crippen LogP contribution in [0.5, 0.6) is 0 Å². The zero-order chi connectivity index (χ0) is 13.1. The predicted molar refractivity (Wildman–Crippen MR) is 70.5 cm³/mol. The standard InChI is InChI=1S/C16H13NO/c1-11-3-4-12(2)15(9-11)16(18)14-7-5-13(10-17)6-8-14/h3-9H,1-2H3. The topological polar surface area (TPSA) is 40.9 Å². The fraction of sp³-hybridized carbons (Fsp3) is 0.125. The highest BCUT2D eigenvalue weighted by molar-refractivity contribution is 6.10. The Hall–Kier alpha value is -2.40. The minimum Gasteiger partial charge on any atom is -0.289 e. The molecule has 0 heterocycles. The van der Waals surface area contributed by atoms with E-state index < -0.39 is 0 Å². The molecule has 0 fully saturated rings. The molecule has 2 nitrogen and oxygen atoms in total. The van der Waals surface area contributed by atoms with Crippen LogP contribution in [0.1, 0.15) is 32.6 Å². The third-order valence-corrected chi connectivity index (χ3v) is 2.91. The first-order chi connectivity index (χ1) is 8.61. The Balaban J connectivity index is 2.41. The van der Waals surface area contributed by atoms with Gasteiger partial charge in [-0.2, -0.15) is 5.26 Å². The molecule has 0 amide bonds. The van der Waals surface area contributed by atoms with Crippen LogP contribution in [0, 0.1) is 25.2 Å². The number of benzene rings is 2. The molecule has 0 spiro atoms. The third kappa shape index (κ3) is 2.31. The molecular weight excluding hydrogens is 222 g/mol. The van der Waals surface area contributed by atoms with Gasteiger partial charge in [-0.3, -0.25) is 4.79 Å². The largest absolute Gasteiger partial charge is 0.289 e. The minimum absolute atomic E-state index is 0.000639. The molecule has 0 unspecified atom stereocenters. The summed E-state index contributed by atoms with van der Waals surface area (Å²) in [6, 6.07) is 14.6. The van der Waals surface area contributed by atoms with E-state index in [0.717, 1.165) is 16.7 Å². The van der Waals surface area contributed by atoms with Crippen LogP contribution >= 0.6 is 0 Å². The molecule has 0 saturated heterocycles. The van der Waals surface area contributed by atoms with Crippen LogP contribution in [0.25, 0.3) is 0 Å². The van der Waals surface area contributed by atoms with Gasteiger partial charge in [0.05, 0.1) is 11.6 Å². The first kappa shape index (κ1) is 12.1. The SMILES string of the molecule is Cc1ccc(C)c(C(=O)c2ccc(C#N)cc2)c1. The van der Waals surface area contributed by atoms with Crippen LogP contribution in [0.4, 0.5) is 0 Å². The molecule has 0 saturated carbocycles. The van der Waals surface area contributed by atoms with E-state index >= 15 is 0 Å². The van der Waals surface area contributed by atoms with Gasteiger partial charge in [-0.25, -0.2) is 0 Å². The van der Waals surface area contributed by atoms with E-state index in [1.54, 1.807) is 24.3 Å². The van der Waals surface area contributed by atoms with Gasteiger partial charge in [-0.05, 0) is 49.7 Å². The number of hydrogen-bond donors (Lipinski definition) is 0. The van der Waals surface area contributed by atoms with E-state index in [4.69, 9.17) is 5.26 Å². The molecule has 0 bridgehead atoms. The summed E-state index contributed by atoms with van der Waals surface area (Å²) in [5.74, 6) is 0.000639. The third-order valence-electron chi connectivity index (χ3n) is 2.91. The van der Waals surface area contributed by atoms with E-state index in [-0.39, 0.29) is 5.78 Å². The summed E-state index contributed by atoms with van der Waals surface area (Å²) in [5.41, 5.74) is 3.93. The average molecular weight is 235 g/mol. The second-order valence-corrected chi connectivity index (χ2v) is 4.34. The van der Waals surface area contributed by atoms with E-state index in [0.29, 0.717) is 11.1 Å². The first-order valence-corrected chi connectivity index (χ1v) is 5.74. The highest BCUT2D eigenvalue weighted by Crippen LogP contribution is 2.16. The number of hydrogen-bond acceptors (Lipinski definition) is 2. The Morgan fingerprint density at radius 3 is 2.33 bits per heavy atom. The van der Waals surface area contributed by atoms with Crippen molar-refractivity contribution in [3.8, 4) is 6.07 Å². The van der Waals surface area contributed by atoms with Crippen molar-refractivity contribution in [2.75, 3.05) is 0 Å². The van der Waals surface area contributed by atoms with Gasteiger partial charge in [0.25, 0.3) is 0 Å². The Labute approximate surface area is 107 Å². The molecule has 18 heavy (non-hydrogen) atoms. The van der Waals surface area contributed by atoms with Crippen LogP contribution in [-0.2, 0) is 0 Å². The molecule has 0 aromatic heterocycles. The minimum atomic E-state index is 0.000639. The van der Waals surface area contributed by atoms with Gasteiger partial charge >= 0.3 is 0 Å². The number of aryl methyl sites for hydroxylation is 2. The molecule has 2 rings (SSSR count). The molecule has 0 aliphatic carbocycles. The molecule has 2 aromatic rings. The van der Waals surface area contributed by atoms with Crippen LogP contribution in [-0.4, -0.2) is 5.78 Å². The number of carbonyl (C=O) groups excluding carboxylic acids is 1. The Morgan fingerprint density at radius 2 is 1.72 bits per heavy atom. The lowest BCUT2D eigenvalue weighted by molar-refractivity contribution is 0.103. The van der Waals surface area contributed by atoms with Crippen LogP contribution in [0.15, 0.2) is 42.5 Å². The van der Waals surface area contributed by atoms with Crippen molar-refractivity contribution in [2.45, 2.75) is 13.8 Å². The van der Waals surface area contributed by atoms with Crippen molar-refractivity contribution in [1.29, 1.82) is 5.26 Å². The lowest BCUT2D eigenvalue weighted by atomic mass is 9.97. The number of nitriles is 1. The summed E-state index contributed by atoms with van der Waals surface area (Å²) in [5, 5.41) is 8.73. The van der Waals surface area contributed by atoms with Crippen molar-refractivity contribution < 1.29 is 4.79 Å². The zero-order valence-corrected chi connectivity index (χ0v) is 10.4. The van der Waals surface area contributed by atoms with Crippen LogP contribution in [0.3, 0.4) is 0 Å². The summed E-state index contributed by atoms with van der Waals surface area (Å²) in [7, 11) is 0. The van der Waals surface area contributed by atoms with E-state index in [9.17, 15) is 4.79 Å².